The van der Waals surface area contributed by atoms with E-state index in [0.717, 1.165) is 58.0 Å². The van der Waals surface area contributed by atoms with E-state index in [0.29, 0.717) is 5.92 Å². The molecule has 0 aromatic heterocycles. The first kappa shape index (κ1) is 14.8. The lowest BCUT2D eigenvalue weighted by atomic mass is 10.0. The van der Waals surface area contributed by atoms with E-state index in [2.05, 4.69) is 22.5 Å². The fourth-order valence-corrected chi connectivity index (χ4v) is 3.31. The zero-order valence-electron chi connectivity index (χ0n) is 12.3. The van der Waals surface area contributed by atoms with Crippen molar-refractivity contribution in [1.29, 1.82) is 0 Å². The molecule has 2 rings (SSSR count). The third kappa shape index (κ3) is 5.49. The van der Waals surface area contributed by atoms with Crippen molar-refractivity contribution in [2.45, 2.75) is 39.0 Å². The molecule has 2 unspecified atom stereocenters. The molecule has 0 radical (unpaired) electrons. The molecule has 110 valence electrons. The van der Waals surface area contributed by atoms with E-state index in [1.54, 1.807) is 0 Å². The third-order valence-electron chi connectivity index (χ3n) is 4.46. The van der Waals surface area contributed by atoms with Gasteiger partial charge in [-0.1, -0.05) is 13.3 Å². The van der Waals surface area contributed by atoms with Crippen LogP contribution in [0.1, 0.15) is 39.0 Å². The maximum Gasteiger partial charge on any atom is 0.220 e. The molecule has 1 heterocycles. The minimum atomic E-state index is 0.263. The Balaban J connectivity index is 1.49. The molecule has 2 atom stereocenters. The van der Waals surface area contributed by atoms with E-state index in [1.165, 1.54) is 19.3 Å². The lowest BCUT2D eigenvalue weighted by molar-refractivity contribution is -0.122. The van der Waals surface area contributed by atoms with Crippen LogP contribution in [0.25, 0.3) is 0 Å². The topological polar surface area (TPSA) is 44.4 Å². The number of rotatable bonds is 6. The summed E-state index contributed by atoms with van der Waals surface area (Å²) < 4.78 is 0. The molecule has 2 aliphatic rings. The van der Waals surface area contributed by atoms with Gasteiger partial charge in [0.1, 0.15) is 0 Å². The summed E-state index contributed by atoms with van der Waals surface area (Å²) in [7, 11) is 0. The number of carbonyl (C=O) groups is 1. The molecule has 1 saturated carbocycles. The smallest absolute Gasteiger partial charge is 0.220 e. The number of amides is 1. The van der Waals surface area contributed by atoms with Crippen LogP contribution in [0.3, 0.4) is 0 Å². The third-order valence-corrected chi connectivity index (χ3v) is 4.46. The number of piperazine rings is 1. The molecule has 2 N–H and O–H groups in total. The molecular weight excluding hydrogens is 238 g/mol. The summed E-state index contributed by atoms with van der Waals surface area (Å²) in [5.74, 6) is 1.73. The first-order chi connectivity index (χ1) is 9.24. The van der Waals surface area contributed by atoms with Crippen LogP contribution in [0, 0.1) is 11.8 Å². The van der Waals surface area contributed by atoms with Crippen LogP contribution in [-0.2, 0) is 4.79 Å². The Bertz CT molecular complexity index is 277. The van der Waals surface area contributed by atoms with Crippen molar-refractivity contribution in [2.75, 3.05) is 39.3 Å². The second-order valence-corrected chi connectivity index (χ2v) is 6.28. The number of nitrogens with one attached hydrogen (secondary N) is 2. The van der Waals surface area contributed by atoms with Crippen molar-refractivity contribution in [3.63, 3.8) is 0 Å². The minimum Gasteiger partial charge on any atom is -0.356 e. The van der Waals surface area contributed by atoms with Gasteiger partial charge in [0.05, 0.1) is 0 Å². The molecule has 1 aliphatic carbocycles. The summed E-state index contributed by atoms with van der Waals surface area (Å²) in [6.07, 6.45) is 5.62. The van der Waals surface area contributed by atoms with Gasteiger partial charge in [-0.3, -0.25) is 4.79 Å². The zero-order valence-corrected chi connectivity index (χ0v) is 12.3. The molecule has 0 aromatic rings. The number of hydrogen-bond donors (Lipinski definition) is 2. The predicted molar refractivity (Wildman–Crippen MR) is 78.1 cm³/mol. The largest absolute Gasteiger partial charge is 0.356 e. The van der Waals surface area contributed by atoms with E-state index in [-0.39, 0.29) is 5.91 Å². The first-order valence-electron chi connectivity index (χ1n) is 7.94. The van der Waals surface area contributed by atoms with Gasteiger partial charge in [0.15, 0.2) is 0 Å². The summed E-state index contributed by atoms with van der Waals surface area (Å²) >= 11 is 0. The maximum atomic E-state index is 11.8. The molecule has 1 aliphatic heterocycles. The van der Waals surface area contributed by atoms with Gasteiger partial charge in [0.25, 0.3) is 0 Å². The molecule has 0 spiro atoms. The van der Waals surface area contributed by atoms with Gasteiger partial charge in [0, 0.05) is 39.1 Å². The Labute approximate surface area is 117 Å². The molecule has 0 aromatic carbocycles. The molecule has 4 heteroatoms. The van der Waals surface area contributed by atoms with Gasteiger partial charge >= 0.3 is 0 Å². The van der Waals surface area contributed by atoms with E-state index in [9.17, 15) is 4.79 Å². The summed E-state index contributed by atoms with van der Waals surface area (Å²) in [4.78, 5) is 14.3. The lowest BCUT2D eigenvalue weighted by Crippen LogP contribution is -2.44. The molecule has 2 fully saturated rings. The van der Waals surface area contributed by atoms with E-state index in [1.807, 2.05) is 0 Å². The fraction of sp³-hybridized carbons (Fsp3) is 0.933. The van der Waals surface area contributed by atoms with Gasteiger partial charge in [-0.05, 0) is 37.6 Å². The monoisotopic (exact) mass is 267 g/mol. The van der Waals surface area contributed by atoms with Gasteiger partial charge in [-0.2, -0.15) is 0 Å². The van der Waals surface area contributed by atoms with Crippen molar-refractivity contribution < 1.29 is 4.79 Å². The van der Waals surface area contributed by atoms with Crippen LogP contribution >= 0.6 is 0 Å². The fourth-order valence-electron chi connectivity index (χ4n) is 3.31. The molecule has 0 bridgehead atoms. The predicted octanol–water partition coefficient (Wildman–Crippen LogP) is 1.22. The summed E-state index contributed by atoms with van der Waals surface area (Å²) in [6, 6.07) is 0. The van der Waals surface area contributed by atoms with Gasteiger partial charge in [-0.15, -0.1) is 0 Å². The van der Waals surface area contributed by atoms with Gasteiger partial charge in [-0.25, -0.2) is 0 Å². The standard InChI is InChI=1S/C15H29N3O/c1-13-3-4-14(11-13)12-15(19)17-5-2-8-18-9-6-16-7-10-18/h13-14,16H,2-12H2,1H3,(H,17,19). The SMILES string of the molecule is CC1CCC(CC(=O)NCCCN2CCNCC2)C1. The van der Waals surface area contributed by atoms with Crippen LogP contribution in [0.2, 0.25) is 0 Å². The average molecular weight is 267 g/mol. The Morgan fingerprint density at radius 1 is 1.32 bits per heavy atom. The van der Waals surface area contributed by atoms with Crippen molar-refractivity contribution >= 4 is 5.91 Å². The van der Waals surface area contributed by atoms with Crippen LogP contribution in [-0.4, -0.2) is 50.1 Å². The van der Waals surface area contributed by atoms with Gasteiger partial charge < -0.3 is 15.5 Å². The van der Waals surface area contributed by atoms with Crippen LogP contribution in [0.15, 0.2) is 0 Å². The molecular formula is C15H29N3O. The number of hydrogen-bond acceptors (Lipinski definition) is 3. The van der Waals surface area contributed by atoms with Crippen molar-refractivity contribution in [3.05, 3.63) is 0 Å². The van der Waals surface area contributed by atoms with Crippen LogP contribution in [0.4, 0.5) is 0 Å². The molecule has 1 saturated heterocycles. The second-order valence-electron chi connectivity index (χ2n) is 6.28. The second kappa shape index (κ2) is 7.85. The number of nitrogens with zero attached hydrogens (tertiary/aromatic N) is 1. The highest BCUT2D eigenvalue weighted by Crippen LogP contribution is 2.32. The Morgan fingerprint density at radius 3 is 2.79 bits per heavy atom. The summed E-state index contributed by atoms with van der Waals surface area (Å²) in [6.45, 7) is 8.75. The number of carbonyl (C=O) groups excluding carboxylic acids is 1. The summed E-state index contributed by atoms with van der Waals surface area (Å²) in [5, 5.41) is 6.44. The highest BCUT2D eigenvalue weighted by atomic mass is 16.1. The van der Waals surface area contributed by atoms with E-state index < -0.39 is 0 Å². The van der Waals surface area contributed by atoms with E-state index in [4.69, 9.17) is 0 Å². The Kier molecular flexibility index (Phi) is 6.11. The first-order valence-corrected chi connectivity index (χ1v) is 7.94. The van der Waals surface area contributed by atoms with Crippen LogP contribution in [0.5, 0.6) is 0 Å². The zero-order chi connectivity index (χ0) is 13.5. The van der Waals surface area contributed by atoms with Crippen LogP contribution < -0.4 is 10.6 Å². The van der Waals surface area contributed by atoms with E-state index >= 15 is 0 Å². The minimum absolute atomic E-state index is 0.263. The lowest BCUT2D eigenvalue weighted by Gasteiger charge is -2.27. The normalized spacial score (nSPS) is 28.5. The molecule has 4 nitrogen and oxygen atoms in total. The maximum absolute atomic E-state index is 11.8. The highest BCUT2D eigenvalue weighted by molar-refractivity contribution is 5.76. The highest BCUT2D eigenvalue weighted by Gasteiger charge is 2.23. The van der Waals surface area contributed by atoms with Crippen molar-refractivity contribution in [1.82, 2.24) is 15.5 Å². The summed E-state index contributed by atoms with van der Waals surface area (Å²) in [5.41, 5.74) is 0. The molecule has 1 amide bonds. The average Bonchev–Trinajstić information content (AvgIpc) is 2.81. The quantitative estimate of drug-likeness (QED) is 0.711. The Morgan fingerprint density at radius 2 is 2.11 bits per heavy atom. The van der Waals surface area contributed by atoms with Gasteiger partial charge in [0.2, 0.25) is 5.91 Å². The van der Waals surface area contributed by atoms with Crippen molar-refractivity contribution in [2.24, 2.45) is 11.8 Å². The molecule has 19 heavy (non-hydrogen) atoms. The Hall–Kier alpha value is -0.610. The van der Waals surface area contributed by atoms with Crippen molar-refractivity contribution in [3.8, 4) is 0 Å².